The molecule has 6 heteroatoms. The van der Waals surface area contributed by atoms with E-state index in [-0.39, 0.29) is 5.41 Å². The van der Waals surface area contributed by atoms with Gasteiger partial charge in [0.2, 0.25) is 5.76 Å². The van der Waals surface area contributed by atoms with Crippen molar-refractivity contribution in [2.24, 2.45) is 5.73 Å². The van der Waals surface area contributed by atoms with Gasteiger partial charge in [0.25, 0.3) is 5.91 Å². The number of nitrogens with two attached hydrogens (primary N) is 1. The zero-order chi connectivity index (χ0) is 15.2. The lowest BCUT2D eigenvalue weighted by Gasteiger charge is -2.12. The summed E-state index contributed by atoms with van der Waals surface area (Å²) in [6.45, 7) is 6.16. The highest BCUT2D eigenvalue weighted by molar-refractivity contribution is 6.04. The van der Waals surface area contributed by atoms with Crippen molar-refractivity contribution in [3.63, 3.8) is 0 Å². The molecular formula is C15H16N4O2. The Hall–Kier alpha value is -2.63. The maximum absolute atomic E-state index is 11.4. The first-order chi connectivity index (χ1) is 9.86. The Morgan fingerprint density at radius 2 is 2.10 bits per heavy atom. The molecule has 0 aliphatic heterocycles. The van der Waals surface area contributed by atoms with E-state index in [0.29, 0.717) is 22.7 Å². The Balaban J connectivity index is 2.12. The van der Waals surface area contributed by atoms with Crippen LogP contribution >= 0.6 is 0 Å². The number of fused-ring (bicyclic) bond motifs is 1. The van der Waals surface area contributed by atoms with Gasteiger partial charge in [-0.15, -0.1) is 0 Å². The largest absolute Gasteiger partial charge is 0.366 e. The molecular weight excluding hydrogens is 268 g/mol. The fourth-order valence-corrected chi connectivity index (χ4v) is 2.09. The topological polar surface area (TPSA) is 97.8 Å². The molecule has 0 saturated carbocycles. The number of aromatic amines is 1. The van der Waals surface area contributed by atoms with Crippen LogP contribution < -0.4 is 5.73 Å². The monoisotopic (exact) mass is 284 g/mol. The van der Waals surface area contributed by atoms with E-state index >= 15 is 0 Å². The minimum Gasteiger partial charge on any atom is -0.366 e. The Labute approximate surface area is 121 Å². The van der Waals surface area contributed by atoms with E-state index in [9.17, 15) is 4.79 Å². The molecule has 0 spiro atoms. The Kier molecular flexibility index (Phi) is 2.83. The second kappa shape index (κ2) is 4.44. The van der Waals surface area contributed by atoms with Crippen molar-refractivity contribution in [1.29, 1.82) is 0 Å². The molecule has 0 saturated heterocycles. The maximum Gasteiger partial charge on any atom is 0.250 e. The van der Waals surface area contributed by atoms with E-state index < -0.39 is 5.91 Å². The van der Waals surface area contributed by atoms with E-state index in [2.05, 4.69) is 35.9 Å². The summed E-state index contributed by atoms with van der Waals surface area (Å²) in [4.78, 5) is 19.0. The first kappa shape index (κ1) is 13.4. The Morgan fingerprint density at radius 3 is 2.71 bits per heavy atom. The first-order valence-electron chi connectivity index (χ1n) is 6.62. The highest BCUT2D eigenvalue weighted by Gasteiger charge is 2.21. The van der Waals surface area contributed by atoms with Crippen molar-refractivity contribution in [1.82, 2.24) is 15.1 Å². The number of primary amides is 1. The van der Waals surface area contributed by atoms with E-state index in [1.807, 2.05) is 12.1 Å². The van der Waals surface area contributed by atoms with E-state index in [1.54, 1.807) is 12.1 Å². The molecule has 0 aliphatic carbocycles. The molecule has 0 fully saturated rings. The maximum atomic E-state index is 11.4. The minimum absolute atomic E-state index is 0.105. The summed E-state index contributed by atoms with van der Waals surface area (Å²) in [5.74, 6) is 0.555. The van der Waals surface area contributed by atoms with E-state index in [4.69, 9.17) is 10.3 Å². The van der Waals surface area contributed by atoms with Gasteiger partial charge in [-0.3, -0.25) is 4.79 Å². The molecule has 0 aliphatic rings. The van der Waals surface area contributed by atoms with Crippen LogP contribution in [0.5, 0.6) is 0 Å². The third-order valence-electron chi connectivity index (χ3n) is 3.29. The molecule has 1 aromatic carbocycles. The number of nitrogens with zero attached hydrogens (tertiary/aromatic N) is 2. The van der Waals surface area contributed by atoms with Crippen molar-refractivity contribution in [2.75, 3.05) is 0 Å². The number of aromatic nitrogens is 3. The van der Waals surface area contributed by atoms with Crippen molar-refractivity contribution in [3.05, 3.63) is 35.5 Å². The average Bonchev–Trinajstić information content (AvgIpc) is 3.03. The van der Waals surface area contributed by atoms with Crippen LogP contribution in [0.4, 0.5) is 0 Å². The third-order valence-corrected chi connectivity index (χ3v) is 3.29. The number of carbonyl (C=O) groups is 1. The van der Waals surface area contributed by atoms with Crippen LogP contribution in [0.15, 0.2) is 28.8 Å². The molecule has 21 heavy (non-hydrogen) atoms. The normalized spacial score (nSPS) is 12.0. The summed E-state index contributed by atoms with van der Waals surface area (Å²) in [5.41, 5.74) is 7.74. The number of rotatable bonds is 2. The number of nitrogens with one attached hydrogen (secondary N) is 1. The van der Waals surface area contributed by atoms with Crippen LogP contribution in [0, 0.1) is 0 Å². The van der Waals surface area contributed by atoms with Crippen LogP contribution in [-0.4, -0.2) is 21.0 Å². The van der Waals surface area contributed by atoms with Gasteiger partial charge in [-0.1, -0.05) is 32.0 Å². The van der Waals surface area contributed by atoms with Crippen LogP contribution in [0.1, 0.15) is 36.8 Å². The second-order valence-corrected chi connectivity index (χ2v) is 5.98. The number of imidazole rings is 1. The minimum atomic E-state index is -0.508. The molecule has 3 N–H and O–H groups in total. The quantitative estimate of drug-likeness (QED) is 0.755. The lowest BCUT2D eigenvalue weighted by atomic mass is 9.92. The zero-order valence-electron chi connectivity index (χ0n) is 12.1. The summed E-state index contributed by atoms with van der Waals surface area (Å²) in [5, 5.41) is 4.06. The first-order valence-corrected chi connectivity index (χ1v) is 6.62. The molecule has 3 rings (SSSR count). The van der Waals surface area contributed by atoms with Gasteiger partial charge in [-0.2, -0.15) is 0 Å². The number of amides is 1. The third kappa shape index (κ3) is 2.29. The van der Waals surface area contributed by atoms with Gasteiger partial charge in [0.15, 0.2) is 5.82 Å². The van der Waals surface area contributed by atoms with E-state index in [0.717, 1.165) is 11.2 Å². The summed E-state index contributed by atoms with van der Waals surface area (Å²) in [7, 11) is 0. The molecule has 1 amide bonds. The summed E-state index contributed by atoms with van der Waals surface area (Å²) in [6, 6.07) is 7.09. The molecule has 0 radical (unpaired) electrons. The molecule has 0 atom stereocenters. The summed E-state index contributed by atoms with van der Waals surface area (Å²) < 4.78 is 5.35. The fraction of sp³-hybridized carbons (Fsp3) is 0.267. The Morgan fingerprint density at radius 1 is 1.33 bits per heavy atom. The van der Waals surface area contributed by atoms with Gasteiger partial charge in [0, 0.05) is 11.5 Å². The summed E-state index contributed by atoms with van der Waals surface area (Å²) >= 11 is 0. The number of hydrogen-bond acceptors (Lipinski definition) is 4. The van der Waals surface area contributed by atoms with Gasteiger partial charge in [-0.05, 0) is 12.1 Å². The van der Waals surface area contributed by atoms with Gasteiger partial charge >= 0.3 is 0 Å². The van der Waals surface area contributed by atoms with Crippen molar-refractivity contribution in [2.45, 2.75) is 26.2 Å². The van der Waals surface area contributed by atoms with Gasteiger partial charge in [-0.25, -0.2) is 4.98 Å². The van der Waals surface area contributed by atoms with Crippen LogP contribution in [0.3, 0.4) is 0 Å². The van der Waals surface area contributed by atoms with Crippen LogP contribution in [0.25, 0.3) is 22.6 Å². The second-order valence-electron chi connectivity index (χ2n) is 5.98. The average molecular weight is 284 g/mol. The number of carbonyl (C=O) groups excluding carboxylic acids is 1. The van der Waals surface area contributed by atoms with Gasteiger partial charge in [0.05, 0.1) is 16.8 Å². The predicted molar refractivity (Wildman–Crippen MR) is 78.8 cm³/mol. The van der Waals surface area contributed by atoms with Gasteiger partial charge in [0.1, 0.15) is 5.52 Å². The Bertz CT molecular complexity index is 824. The molecule has 2 aromatic heterocycles. The summed E-state index contributed by atoms with van der Waals surface area (Å²) in [6.07, 6.45) is 0. The van der Waals surface area contributed by atoms with Gasteiger partial charge < -0.3 is 15.2 Å². The SMILES string of the molecule is CC(C)(C)c1cc(-c2nc3c(C(N)=O)cccc3[nH]2)on1. The lowest BCUT2D eigenvalue weighted by Crippen LogP contribution is -2.11. The predicted octanol–water partition coefficient (Wildman–Crippen LogP) is 2.61. The van der Waals surface area contributed by atoms with E-state index in [1.165, 1.54) is 0 Å². The van der Waals surface area contributed by atoms with Crippen LogP contribution in [0.2, 0.25) is 0 Å². The molecule has 0 bridgehead atoms. The number of H-pyrrole nitrogens is 1. The lowest BCUT2D eigenvalue weighted by molar-refractivity contribution is 0.100. The van der Waals surface area contributed by atoms with Crippen molar-refractivity contribution >= 4 is 16.9 Å². The highest BCUT2D eigenvalue weighted by atomic mass is 16.5. The highest BCUT2D eigenvalue weighted by Crippen LogP contribution is 2.27. The zero-order valence-corrected chi connectivity index (χ0v) is 12.1. The molecule has 6 nitrogen and oxygen atoms in total. The molecule has 108 valence electrons. The number of para-hydroxylation sites is 1. The molecule has 3 aromatic rings. The number of hydrogen-bond donors (Lipinski definition) is 2. The van der Waals surface area contributed by atoms with Crippen molar-refractivity contribution in [3.8, 4) is 11.6 Å². The fourth-order valence-electron chi connectivity index (χ4n) is 2.09. The van der Waals surface area contributed by atoms with Crippen molar-refractivity contribution < 1.29 is 9.32 Å². The molecule has 2 heterocycles. The smallest absolute Gasteiger partial charge is 0.250 e. The molecule has 0 unspecified atom stereocenters. The standard InChI is InChI=1S/C15H16N4O2/c1-15(2,3)11-7-10(21-19-11)14-17-9-6-4-5-8(13(16)20)12(9)18-14/h4-7H,1-3H3,(H2,16,20)(H,17,18). The van der Waals surface area contributed by atoms with Crippen LogP contribution in [-0.2, 0) is 5.41 Å². The number of benzene rings is 1.